The first-order valence-corrected chi connectivity index (χ1v) is 11.3. The zero-order valence-corrected chi connectivity index (χ0v) is 19.2. The molecule has 1 N–H and O–H groups in total. The zero-order valence-electron chi connectivity index (χ0n) is 18.5. The summed E-state index contributed by atoms with van der Waals surface area (Å²) in [5, 5.41) is 9.39. The smallest absolute Gasteiger partial charge is 0.306 e. The minimum absolute atomic E-state index is 0.216. The molecule has 0 atom stereocenters. The number of esters is 1. The first-order chi connectivity index (χ1) is 16.4. The monoisotopic (exact) mass is 480 g/mol. The lowest BCUT2D eigenvalue weighted by Gasteiger charge is -2.46. The summed E-state index contributed by atoms with van der Waals surface area (Å²) in [4.78, 5) is 23.0. The summed E-state index contributed by atoms with van der Waals surface area (Å²) < 4.78 is 18.3. The van der Waals surface area contributed by atoms with Gasteiger partial charge >= 0.3 is 11.9 Å². The second-order valence-electron chi connectivity index (χ2n) is 8.21. The van der Waals surface area contributed by atoms with Crippen molar-refractivity contribution in [2.45, 2.75) is 24.0 Å². The van der Waals surface area contributed by atoms with Crippen LogP contribution in [0.25, 0.3) is 0 Å². The van der Waals surface area contributed by atoms with Gasteiger partial charge in [-0.25, -0.2) is 0 Å². The molecule has 0 amide bonds. The molecule has 0 radical (unpaired) electrons. The molecule has 0 saturated carbocycles. The fraction of sp³-hybridized carbons (Fsp3) is 0.259. The molecule has 0 bridgehead atoms. The summed E-state index contributed by atoms with van der Waals surface area (Å²) >= 11 is 6.08. The van der Waals surface area contributed by atoms with E-state index in [1.807, 2.05) is 60.7 Å². The van der Waals surface area contributed by atoms with Gasteiger partial charge in [0.1, 0.15) is 6.61 Å². The molecule has 4 rings (SSSR count). The first kappa shape index (κ1) is 24.0. The third-order valence-corrected chi connectivity index (χ3v) is 6.26. The number of aliphatic carboxylic acids is 1. The highest BCUT2D eigenvalue weighted by atomic mass is 35.5. The lowest BCUT2D eigenvalue weighted by molar-refractivity contribution is -0.309. The Morgan fingerprint density at radius 2 is 1.32 bits per heavy atom. The van der Waals surface area contributed by atoms with Crippen LogP contribution in [0.1, 0.15) is 29.5 Å². The van der Waals surface area contributed by atoms with Gasteiger partial charge in [-0.15, -0.1) is 0 Å². The molecule has 1 aliphatic rings. The average Bonchev–Trinajstić information content (AvgIpc) is 2.88. The Bertz CT molecular complexity index is 1070. The summed E-state index contributed by atoms with van der Waals surface area (Å²) in [6.45, 7) is 0.333. The van der Waals surface area contributed by atoms with Gasteiger partial charge in [-0.3, -0.25) is 9.59 Å². The van der Waals surface area contributed by atoms with Gasteiger partial charge in [-0.2, -0.15) is 0 Å². The van der Waals surface area contributed by atoms with Gasteiger partial charge in [-0.1, -0.05) is 84.4 Å². The molecule has 3 aromatic carbocycles. The first-order valence-electron chi connectivity index (χ1n) is 11.0. The lowest BCUT2D eigenvalue weighted by Crippen LogP contribution is -2.53. The number of halogens is 1. The van der Waals surface area contributed by atoms with Crippen LogP contribution in [0.3, 0.4) is 0 Å². The number of benzene rings is 3. The number of carboxylic acid groups (broad SMARTS) is 1. The molecular weight excluding hydrogens is 456 g/mol. The largest absolute Gasteiger partial charge is 0.481 e. The van der Waals surface area contributed by atoms with Crippen molar-refractivity contribution in [2.75, 3.05) is 19.8 Å². The van der Waals surface area contributed by atoms with Crippen LogP contribution in [0.15, 0.2) is 84.9 Å². The van der Waals surface area contributed by atoms with Crippen molar-refractivity contribution in [1.82, 2.24) is 0 Å². The molecule has 0 aromatic heterocycles. The Balaban J connectivity index is 1.64. The number of carbonyl (C=O) groups excluding carboxylic acids is 1. The van der Waals surface area contributed by atoms with Crippen molar-refractivity contribution >= 4 is 23.5 Å². The second-order valence-corrected chi connectivity index (χ2v) is 8.64. The molecule has 1 aliphatic heterocycles. The van der Waals surface area contributed by atoms with Crippen LogP contribution >= 0.6 is 11.6 Å². The van der Waals surface area contributed by atoms with E-state index in [0.717, 1.165) is 11.1 Å². The molecular formula is C27H25ClO6. The standard InChI is InChI=1S/C27H25ClO6/c28-23-13-11-22(12-14-23)27(19-32-25(31)16-15-24(29)30)33-17-26(18-34-27,20-7-3-1-4-8-20)21-9-5-2-6-10-21/h1-14H,15-19H2,(H,29,30). The van der Waals surface area contributed by atoms with Crippen LogP contribution in [-0.4, -0.2) is 36.9 Å². The highest BCUT2D eigenvalue weighted by molar-refractivity contribution is 6.30. The summed E-state index contributed by atoms with van der Waals surface area (Å²) in [5.41, 5.74) is 2.18. The quantitative estimate of drug-likeness (QED) is 0.460. The average molecular weight is 481 g/mol. The van der Waals surface area contributed by atoms with Crippen LogP contribution in [0.2, 0.25) is 5.02 Å². The van der Waals surface area contributed by atoms with Crippen molar-refractivity contribution in [3.8, 4) is 0 Å². The SMILES string of the molecule is O=C(O)CCC(=O)OCC1(c2ccc(Cl)cc2)OCC(c2ccccc2)(c2ccccc2)CO1. The number of carbonyl (C=O) groups is 2. The molecule has 7 heteroatoms. The molecule has 34 heavy (non-hydrogen) atoms. The predicted octanol–water partition coefficient (Wildman–Crippen LogP) is 4.93. The number of hydrogen-bond donors (Lipinski definition) is 1. The predicted molar refractivity (Wildman–Crippen MR) is 127 cm³/mol. The maximum atomic E-state index is 12.2. The van der Waals surface area contributed by atoms with E-state index in [0.29, 0.717) is 10.6 Å². The molecule has 176 valence electrons. The second kappa shape index (κ2) is 10.4. The highest BCUT2D eigenvalue weighted by Crippen LogP contribution is 2.43. The van der Waals surface area contributed by atoms with Gasteiger partial charge < -0.3 is 19.3 Å². The van der Waals surface area contributed by atoms with Gasteiger partial charge in [0.05, 0.1) is 31.5 Å². The Morgan fingerprint density at radius 1 is 0.794 bits per heavy atom. The maximum Gasteiger partial charge on any atom is 0.306 e. The topological polar surface area (TPSA) is 82.1 Å². The van der Waals surface area contributed by atoms with E-state index in [1.54, 1.807) is 24.3 Å². The Morgan fingerprint density at radius 3 is 1.82 bits per heavy atom. The molecule has 3 aromatic rings. The van der Waals surface area contributed by atoms with Crippen LogP contribution in [-0.2, 0) is 35.0 Å². The number of carboxylic acids is 1. The van der Waals surface area contributed by atoms with E-state index in [-0.39, 0.29) is 32.7 Å². The van der Waals surface area contributed by atoms with Gasteiger partial charge in [0, 0.05) is 10.6 Å². The van der Waals surface area contributed by atoms with E-state index < -0.39 is 23.1 Å². The third-order valence-electron chi connectivity index (χ3n) is 6.01. The van der Waals surface area contributed by atoms with Crippen molar-refractivity contribution in [3.05, 3.63) is 107 Å². The van der Waals surface area contributed by atoms with Crippen LogP contribution in [0, 0.1) is 0 Å². The fourth-order valence-corrected chi connectivity index (χ4v) is 4.20. The minimum Gasteiger partial charge on any atom is -0.481 e. The van der Waals surface area contributed by atoms with Gasteiger partial charge in [0.15, 0.2) is 0 Å². The number of ether oxygens (including phenoxy) is 3. The molecule has 1 fully saturated rings. The lowest BCUT2D eigenvalue weighted by atomic mass is 9.75. The van der Waals surface area contributed by atoms with Crippen LogP contribution in [0.5, 0.6) is 0 Å². The zero-order chi connectivity index (χ0) is 24.0. The van der Waals surface area contributed by atoms with Crippen molar-refractivity contribution in [2.24, 2.45) is 0 Å². The van der Waals surface area contributed by atoms with Crippen LogP contribution < -0.4 is 0 Å². The van der Waals surface area contributed by atoms with Gasteiger partial charge in [-0.05, 0) is 23.3 Å². The minimum atomic E-state index is -1.35. The van der Waals surface area contributed by atoms with Gasteiger partial charge in [0.2, 0.25) is 5.79 Å². The van der Waals surface area contributed by atoms with Crippen molar-refractivity contribution < 1.29 is 28.9 Å². The van der Waals surface area contributed by atoms with Crippen LogP contribution in [0.4, 0.5) is 0 Å². The summed E-state index contributed by atoms with van der Waals surface area (Å²) in [5.74, 6) is -3.05. The fourth-order valence-electron chi connectivity index (χ4n) is 4.07. The van der Waals surface area contributed by atoms with Crippen molar-refractivity contribution in [1.29, 1.82) is 0 Å². The number of hydrogen-bond acceptors (Lipinski definition) is 5. The van der Waals surface area contributed by atoms with E-state index in [9.17, 15) is 9.59 Å². The molecule has 0 unspecified atom stereocenters. The van der Waals surface area contributed by atoms with E-state index >= 15 is 0 Å². The molecule has 0 spiro atoms. The highest BCUT2D eigenvalue weighted by Gasteiger charge is 2.48. The normalized spacial score (nSPS) is 16.5. The Hall–Kier alpha value is -3.19. The van der Waals surface area contributed by atoms with E-state index in [1.165, 1.54) is 0 Å². The molecule has 1 saturated heterocycles. The maximum absolute atomic E-state index is 12.2. The van der Waals surface area contributed by atoms with Crippen molar-refractivity contribution in [3.63, 3.8) is 0 Å². The summed E-state index contributed by atoms with van der Waals surface area (Å²) in [6.07, 6.45) is -0.538. The Labute approximate surface area is 203 Å². The molecule has 1 heterocycles. The summed E-state index contributed by atoms with van der Waals surface area (Å²) in [7, 11) is 0. The molecule has 0 aliphatic carbocycles. The molecule has 6 nitrogen and oxygen atoms in total. The summed E-state index contributed by atoms with van der Waals surface area (Å²) in [6, 6.07) is 27.0. The van der Waals surface area contributed by atoms with Gasteiger partial charge in [0.25, 0.3) is 0 Å². The number of rotatable bonds is 8. The van der Waals surface area contributed by atoms with E-state index in [4.69, 9.17) is 30.9 Å². The third kappa shape index (κ3) is 5.14. The van der Waals surface area contributed by atoms with E-state index in [2.05, 4.69) is 0 Å². The Kier molecular flexibility index (Phi) is 7.32.